The summed E-state index contributed by atoms with van der Waals surface area (Å²) in [6, 6.07) is 13.9. The molecule has 1 amide bonds. The van der Waals surface area contributed by atoms with Gasteiger partial charge in [0.15, 0.2) is 4.32 Å². The number of rotatable bonds is 4. The molecule has 0 bridgehead atoms. The van der Waals surface area contributed by atoms with Crippen molar-refractivity contribution in [2.45, 2.75) is 6.92 Å². The van der Waals surface area contributed by atoms with Crippen LogP contribution in [0.1, 0.15) is 22.8 Å². The molecular formula is C19H14ClNO3S2. The average Bonchev–Trinajstić information content (AvgIpc) is 2.89. The van der Waals surface area contributed by atoms with Gasteiger partial charge in [-0.1, -0.05) is 53.8 Å². The fourth-order valence-electron chi connectivity index (χ4n) is 2.42. The van der Waals surface area contributed by atoms with Crippen LogP contribution >= 0.6 is 35.6 Å². The summed E-state index contributed by atoms with van der Waals surface area (Å²) in [4.78, 5) is 26.7. The maximum Gasteiger partial charge on any atom is 0.338 e. The summed E-state index contributed by atoms with van der Waals surface area (Å²) in [5.41, 5.74) is 1.73. The molecule has 1 heterocycles. The molecule has 4 nitrogen and oxygen atoms in total. The molecule has 0 spiro atoms. The Hall–Kier alpha value is -2.15. The van der Waals surface area contributed by atoms with Crippen LogP contribution in [0.15, 0.2) is 53.4 Å². The monoisotopic (exact) mass is 403 g/mol. The zero-order chi connectivity index (χ0) is 18.7. The van der Waals surface area contributed by atoms with Crippen LogP contribution < -0.4 is 4.90 Å². The van der Waals surface area contributed by atoms with E-state index >= 15 is 0 Å². The molecule has 0 radical (unpaired) electrons. The fraction of sp³-hybridized carbons (Fsp3) is 0.105. The predicted octanol–water partition coefficient (Wildman–Crippen LogP) is 4.92. The summed E-state index contributed by atoms with van der Waals surface area (Å²) in [5.74, 6) is -0.671. The summed E-state index contributed by atoms with van der Waals surface area (Å²) < 4.78 is 5.41. The molecule has 0 aromatic heterocycles. The number of hydrogen-bond donors (Lipinski definition) is 0. The molecule has 3 rings (SSSR count). The second kappa shape index (κ2) is 8.03. The summed E-state index contributed by atoms with van der Waals surface area (Å²) in [5, 5.41) is 0.594. The Morgan fingerprint density at radius 2 is 2.04 bits per heavy atom. The minimum absolute atomic E-state index is 0.235. The van der Waals surface area contributed by atoms with Crippen LogP contribution in [0.3, 0.4) is 0 Å². The minimum Gasteiger partial charge on any atom is -0.462 e. The zero-order valence-corrected chi connectivity index (χ0v) is 16.2. The molecule has 1 aliphatic rings. The van der Waals surface area contributed by atoms with Crippen molar-refractivity contribution in [2.24, 2.45) is 0 Å². The third-order valence-corrected chi connectivity index (χ3v) is 5.09. The normalized spacial score (nSPS) is 15.6. The largest absolute Gasteiger partial charge is 0.462 e. The smallest absolute Gasteiger partial charge is 0.338 e. The van der Waals surface area contributed by atoms with E-state index in [1.54, 1.807) is 49.4 Å². The van der Waals surface area contributed by atoms with Crippen molar-refractivity contribution in [3.63, 3.8) is 0 Å². The van der Waals surface area contributed by atoms with Gasteiger partial charge in [0.05, 0.1) is 22.8 Å². The van der Waals surface area contributed by atoms with Gasteiger partial charge < -0.3 is 4.74 Å². The van der Waals surface area contributed by atoms with Gasteiger partial charge in [0.25, 0.3) is 5.91 Å². The van der Waals surface area contributed by atoms with Gasteiger partial charge in [-0.3, -0.25) is 9.69 Å². The first-order chi connectivity index (χ1) is 12.5. The fourth-order valence-corrected chi connectivity index (χ4v) is 3.92. The van der Waals surface area contributed by atoms with Crippen LogP contribution in [-0.4, -0.2) is 22.8 Å². The number of amides is 1. The van der Waals surface area contributed by atoms with E-state index in [1.165, 1.54) is 16.7 Å². The third-order valence-electron chi connectivity index (χ3n) is 3.56. The standard InChI is InChI=1S/C19H14ClNO3S2/c1-2-24-18(23)13-6-4-8-15(11-13)21-17(22)16(26-19(21)25)10-12-5-3-7-14(20)9-12/h3-11H,2H2,1H3/b16-10-. The van der Waals surface area contributed by atoms with E-state index in [-0.39, 0.29) is 12.5 Å². The van der Waals surface area contributed by atoms with Gasteiger partial charge in [-0.25, -0.2) is 4.79 Å². The Kier molecular flexibility index (Phi) is 5.76. The van der Waals surface area contributed by atoms with Crippen molar-refractivity contribution in [3.8, 4) is 0 Å². The van der Waals surface area contributed by atoms with E-state index in [0.29, 0.717) is 25.5 Å². The van der Waals surface area contributed by atoms with Crippen LogP contribution in [0.4, 0.5) is 5.69 Å². The van der Waals surface area contributed by atoms with Gasteiger partial charge in [0.2, 0.25) is 0 Å². The van der Waals surface area contributed by atoms with Crippen molar-refractivity contribution < 1.29 is 14.3 Å². The topological polar surface area (TPSA) is 46.6 Å². The number of carbonyl (C=O) groups excluding carboxylic acids is 2. The summed E-state index contributed by atoms with van der Waals surface area (Å²) in [7, 11) is 0. The number of hydrogen-bond acceptors (Lipinski definition) is 5. The molecule has 0 atom stereocenters. The maximum atomic E-state index is 12.8. The third kappa shape index (κ3) is 3.98. The lowest BCUT2D eigenvalue weighted by atomic mass is 10.2. The highest BCUT2D eigenvalue weighted by atomic mass is 35.5. The van der Waals surface area contributed by atoms with Crippen LogP contribution in [0.5, 0.6) is 0 Å². The Morgan fingerprint density at radius 3 is 2.77 bits per heavy atom. The van der Waals surface area contributed by atoms with Gasteiger partial charge in [0, 0.05) is 5.02 Å². The van der Waals surface area contributed by atoms with Crippen molar-refractivity contribution in [1.82, 2.24) is 0 Å². The number of nitrogens with zero attached hydrogens (tertiary/aromatic N) is 1. The van der Waals surface area contributed by atoms with Crippen LogP contribution in [-0.2, 0) is 9.53 Å². The van der Waals surface area contributed by atoms with E-state index in [0.717, 1.165) is 5.56 Å². The molecule has 0 unspecified atom stereocenters. The van der Waals surface area contributed by atoms with E-state index in [1.807, 2.05) is 12.1 Å². The minimum atomic E-state index is -0.436. The number of thiocarbonyl (C=S) groups is 1. The molecule has 132 valence electrons. The molecule has 1 aliphatic heterocycles. The summed E-state index contributed by atoms with van der Waals surface area (Å²) in [6.07, 6.45) is 1.75. The van der Waals surface area contributed by atoms with Crippen molar-refractivity contribution >= 4 is 63.5 Å². The lowest BCUT2D eigenvalue weighted by Gasteiger charge is -2.15. The number of carbonyl (C=O) groups is 2. The molecule has 0 aliphatic carbocycles. The predicted molar refractivity (Wildman–Crippen MR) is 110 cm³/mol. The molecular weight excluding hydrogens is 390 g/mol. The highest BCUT2D eigenvalue weighted by molar-refractivity contribution is 8.27. The second-order valence-corrected chi connectivity index (χ2v) is 7.46. The van der Waals surface area contributed by atoms with Crippen molar-refractivity contribution in [1.29, 1.82) is 0 Å². The van der Waals surface area contributed by atoms with E-state index < -0.39 is 5.97 Å². The van der Waals surface area contributed by atoms with E-state index in [9.17, 15) is 9.59 Å². The number of ether oxygens (including phenoxy) is 1. The first-order valence-electron chi connectivity index (χ1n) is 7.80. The second-order valence-electron chi connectivity index (χ2n) is 5.34. The highest BCUT2D eigenvalue weighted by Crippen LogP contribution is 2.36. The molecule has 0 N–H and O–H groups in total. The Morgan fingerprint density at radius 1 is 1.27 bits per heavy atom. The average molecular weight is 404 g/mol. The molecule has 1 fully saturated rings. The Bertz CT molecular complexity index is 927. The first-order valence-corrected chi connectivity index (χ1v) is 9.40. The molecule has 0 saturated carbocycles. The zero-order valence-electron chi connectivity index (χ0n) is 13.8. The van der Waals surface area contributed by atoms with Crippen LogP contribution in [0.25, 0.3) is 6.08 Å². The highest BCUT2D eigenvalue weighted by Gasteiger charge is 2.33. The summed E-state index contributed by atoms with van der Waals surface area (Å²) >= 11 is 12.6. The maximum absolute atomic E-state index is 12.8. The lowest BCUT2D eigenvalue weighted by molar-refractivity contribution is -0.113. The quantitative estimate of drug-likeness (QED) is 0.412. The Labute approximate surface area is 165 Å². The van der Waals surface area contributed by atoms with Gasteiger partial charge in [-0.2, -0.15) is 0 Å². The number of benzene rings is 2. The van der Waals surface area contributed by atoms with Gasteiger partial charge in [-0.15, -0.1) is 0 Å². The summed E-state index contributed by atoms with van der Waals surface area (Å²) in [6.45, 7) is 2.02. The molecule has 26 heavy (non-hydrogen) atoms. The van der Waals surface area contributed by atoms with Crippen LogP contribution in [0.2, 0.25) is 5.02 Å². The van der Waals surface area contributed by atoms with E-state index in [2.05, 4.69) is 0 Å². The molecule has 1 saturated heterocycles. The first kappa shape index (κ1) is 18.6. The molecule has 2 aromatic rings. The number of thioether (sulfide) groups is 1. The van der Waals surface area contributed by atoms with Crippen molar-refractivity contribution in [2.75, 3.05) is 11.5 Å². The Balaban J connectivity index is 1.90. The van der Waals surface area contributed by atoms with Crippen molar-refractivity contribution in [3.05, 3.63) is 69.6 Å². The SMILES string of the molecule is CCOC(=O)c1cccc(N2C(=O)/C(=C/c3cccc(Cl)c3)SC2=S)c1. The van der Waals surface area contributed by atoms with Gasteiger partial charge in [-0.05, 0) is 48.9 Å². The number of anilines is 1. The van der Waals surface area contributed by atoms with Gasteiger partial charge >= 0.3 is 5.97 Å². The number of esters is 1. The molecule has 2 aromatic carbocycles. The lowest BCUT2D eigenvalue weighted by Crippen LogP contribution is -2.27. The van der Waals surface area contributed by atoms with Crippen LogP contribution in [0, 0.1) is 0 Å². The van der Waals surface area contributed by atoms with Gasteiger partial charge in [0.1, 0.15) is 0 Å². The molecule has 7 heteroatoms. The van der Waals surface area contributed by atoms with E-state index in [4.69, 9.17) is 28.6 Å². The number of halogens is 1.